The molecule has 1 fully saturated rings. The second-order valence-corrected chi connectivity index (χ2v) is 6.40. The van der Waals surface area contributed by atoms with Gasteiger partial charge >= 0.3 is 6.03 Å². The molecule has 1 aliphatic rings. The fourth-order valence-electron chi connectivity index (χ4n) is 2.48. The maximum absolute atomic E-state index is 12.8. The largest absolute Gasteiger partial charge is 0.508 e. The van der Waals surface area contributed by atoms with Crippen molar-refractivity contribution in [2.45, 2.75) is 6.92 Å². The lowest BCUT2D eigenvalue weighted by Gasteiger charge is -2.27. The number of carbonyl (C=O) groups is 3. The van der Waals surface area contributed by atoms with E-state index >= 15 is 0 Å². The average molecular weight is 401 g/mol. The van der Waals surface area contributed by atoms with Crippen molar-refractivity contribution in [2.75, 3.05) is 4.90 Å². The van der Waals surface area contributed by atoms with Gasteiger partial charge in [-0.25, -0.2) is 9.69 Å². The molecular weight excluding hydrogens is 388 g/mol. The van der Waals surface area contributed by atoms with Crippen LogP contribution in [0.2, 0.25) is 0 Å². The lowest BCUT2D eigenvalue weighted by atomic mass is 10.1. The normalized spacial score (nSPS) is 16.3. The Labute approximate surface area is 151 Å². The second-order valence-electron chi connectivity index (χ2n) is 5.48. The van der Waals surface area contributed by atoms with E-state index in [1.807, 2.05) is 0 Å². The molecule has 7 heteroatoms. The fraction of sp³-hybridized carbons (Fsp3) is 0.0556. The van der Waals surface area contributed by atoms with Gasteiger partial charge in [0.05, 0.1) is 5.69 Å². The summed E-state index contributed by atoms with van der Waals surface area (Å²) in [6.45, 7) is 1.76. The molecule has 2 N–H and O–H groups in total. The minimum Gasteiger partial charge on any atom is -0.508 e. The first-order chi connectivity index (χ1) is 11.9. The number of nitrogens with one attached hydrogen (secondary N) is 1. The number of urea groups is 1. The Bertz CT molecular complexity index is 919. The van der Waals surface area contributed by atoms with Gasteiger partial charge in [0.25, 0.3) is 11.8 Å². The predicted octanol–water partition coefficient (Wildman–Crippen LogP) is 3.13. The average Bonchev–Trinajstić information content (AvgIpc) is 2.55. The Morgan fingerprint density at radius 1 is 1.08 bits per heavy atom. The number of benzene rings is 2. The zero-order valence-electron chi connectivity index (χ0n) is 13.1. The lowest BCUT2D eigenvalue weighted by Crippen LogP contribution is -2.54. The van der Waals surface area contributed by atoms with Gasteiger partial charge in [0.15, 0.2) is 0 Å². The number of phenols is 1. The van der Waals surface area contributed by atoms with Crippen molar-refractivity contribution in [3.63, 3.8) is 0 Å². The summed E-state index contributed by atoms with van der Waals surface area (Å²) in [7, 11) is 0. The highest BCUT2D eigenvalue weighted by Gasteiger charge is 2.37. The van der Waals surface area contributed by atoms with Crippen LogP contribution in [0, 0.1) is 6.92 Å². The van der Waals surface area contributed by atoms with E-state index in [1.165, 1.54) is 18.2 Å². The quantitative estimate of drug-likeness (QED) is 0.598. The van der Waals surface area contributed by atoms with Gasteiger partial charge < -0.3 is 5.11 Å². The summed E-state index contributed by atoms with van der Waals surface area (Å²) in [5.41, 5.74) is 1.50. The van der Waals surface area contributed by atoms with Crippen molar-refractivity contribution in [3.05, 3.63) is 63.6 Å². The van der Waals surface area contributed by atoms with E-state index in [9.17, 15) is 19.5 Å². The lowest BCUT2D eigenvalue weighted by molar-refractivity contribution is -0.122. The zero-order chi connectivity index (χ0) is 18.1. The van der Waals surface area contributed by atoms with Gasteiger partial charge in [0, 0.05) is 4.47 Å². The van der Waals surface area contributed by atoms with E-state index in [0.717, 1.165) is 9.37 Å². The molecule has 6 nitrogen and oxygen atoms in total. The topological polar surface area (TPSA) is 86.7 Å². The maximum Gasteiger partial charge on any atom is 0.335 e. The molecule has 0 atom stereocenters. The molecule has 1 aliphatic heterocycles. The predicted molar refractivity (Wildman–Crippen MR) is 96.0 cm³/mol. The van der Waals surface area contributed by atoms with E-state index < -0.39 is 17.8 Å². The summed E-state index contributed by atoms with van der Waals surface area (Å²) in [4.78, 5) is 38.0. The molecule has 0 radical (unpaired) electrons. The van der Waals surface area contributed by atoms with Gasteiger partial charge in [-0.05, 0) is 54.5 Å². The first-order valence-electron chi connectivity index (χ1n) is 7.33. The molecule has 0 bridgehead atoms. The molecule has 0 unspecified atom stereocenters. The van der Waals surface area contributed by atoms with Crippen molar-refractivity contribution in [3.8, 4) is 5.75 Å². The molecule has 4 amide bonds. The number of imide groups is 2. The van der Waals surface area contributed by atoms with Crippen LogP contribution in [0.3, 0.4) is 0 Å². The SMILES string of the molecule is Cc1cc(Br)ccc1N1C(=O)NC(=O)/C(=C/c2ccc(O)cc2)C1=O. The van der Waals surface area contributed by atoms with Crippen LogP contribution in [0.1, 0.15) is 11.1 Å². The molecule has 126 valence electrons. The molecule has 0 spiro atoms. The van der Waals surface area contributed by atoms with Crippen LogP contribution in [-0.4, -0.2) is 23.0 Å². The Morgan fingerprint density at radius 3 is 2.40 bits per heavy atom. The van der Waals surface area contributed by atoms with E-state index in [-0.39, 0.29) is 11.3 Å². The Hall–Kier alpha value is -2.93. The zero-order valence-corrected chi connectivity index (χ0v) is 14.7. The van der Waals surface area contributed by atoms with E-state index in [2.05, 4.69) is 21.2 Å². The van der Waals surface area contributed by atoms with Crippen LogP contribution in [0.25, 0.3) is 6.08 Å². The molecule has 1 saturated heterocycles. The molecule has 25 heavy (non-hydrogen) atoms. The van der Waals surface area contributed by atoms with Gasteiger partial charge in [0.2, 0.25) is 0 Å². The van der Waals surface area contributed by atoms with Crippen LogP contribution in [0.5, 0.6) is 5.75 Å². The highest BCUT2D eigenvalue weighted by Crippen LogP contribution is 2.27. The Kier molecular flexibility index (Phi) is 4.41. The molecule has 0 saturated carbocycles. The number of carbonyl (C=O) groups excluding carboxylic acids is 3. The first kappa shape index (κ1) is 16.9. The van der Waals surface area contributed by atoms with Crippen LogP contribution in [0.4, 0.5) is 10.5 Å². The molecular formula is C18H13BrN2O4. The number of anilines is 1. The van der Waals surface area contributed by atoms with Crippen molar-refractivity contribution < 1.29 is 19.5 Å². The summed E-state index contributed by atoms with van der Waals surface area (Å²) >= 11 is 3.33. The van der Waals surface area contributed by atoms with Crippen LogP contribution in [0.15, 0.2) is 52.5 Å². The third kappa shape index (κ3) is 3.32. The third-order valence-electron chi connectivity index (χ3n) is 3.71. The number of amides is 4. The van der Waals surface area contributed by atoms with E-state index in [0.29, 0.717) is 16.8 Å². The minimum atomic E-state index is -0.789. The van der Waals surface area contributed by atoms with Crippen molar-refractivity contribution in [2.24, 2.45) is 0 Å². The van der Waals surface area contributed by atoms with Crippen LogP contribution >= 0.6 is 15.9 Å². The number of rotatable bonds is 2. The fourth-order valence-corrected chi connectivity index (χ4v) is 2.96. The summed E-state index contributed by atoms with van der Waals surface area (Å²) in [5, 5.41) is 11.5. The standard InChI is InChI=1S/C18H13BrN2O4/c1-10-8-12(19)4-7-15(10)21-17(24)14(16(23)20-18(21)25)9-11-2-5-13(22)6-3-11/h2-9,22H,1H3,(H,20,23,25)/b14-9-. The number of nitrogens with zero attached hydrogens (tertiary/aromatic N) is 1. The van der Waals surface area contributed by atoms with Crippen molar-refractivity contribution in [1.29, 1.82) is 0 Å². The summed E-state index contributed by atoms with van der Waals surface area (Å²) < 4.78 is 0.814. The molecule has 1 heterocycles. The highest BCUT2D eigenvalue weighted by molar-refractivity contribution is 9.10. The van der Waals surface area contributed by atoms with Gasteiger partial charge in [-0.2, -0.15) is 0 Å². The molecule has 2 aromatic carbocycles. The van der Waals surface area contributed by atoms with Crippen molar-refractivity contribution in [1.82, 2.24) is 5.32 Å². The van der Waals surface area contributed by atoms with Gasteiger partial charge in [-0.1, -0.05) is 28.1 Å². The molecule has 0 aliphatic carbocycles. The van der Waals surface area contributed by atoms with Crippen molar-refractivity contribution >= 4 is 45.5 Å². The summed E-state index contributed by atoms with van der Waals surface area (Å²) in [5.74, 6) is -1.38. The van der Waals surface area contributed by atoms with E-state index in [1.54, 1.807) is 37.3 Å². The Balaban J connectivity index is 2.03. The van der Waals surface area contributed by atoms with Gasteiger partial charge in [0.1, 0.15) is 11.3 Å². The first-order valence-corrected chi connectivity index (χ1v) is 8.13. The van der Waals surface area contributed by atoms with Crippen LogP contribution in [-0.2, 0) is 9.59 Å². The second kappa shape index (κ2) is 6.52. The summed E-state index contributed by atoms with van der Waals surface area (Å²) in [6.07, 6.45) is 1.38. The minimum absolute atomic E-state index is 0.0730. The number of phenolic OH excluding ortho intramolecular Hbond substituents is 1. The number of aromatic hydroxyl groups is 1. The molecule has 2 aromatic rings. The summed E-state index contributed by atoms with van der Waals surface area (Å²) in [6, 6.07) is 10.3. The monoisotopic (exact) mass is 400 g/mol. The number of hydrogen-bond donors (Lipinski definition) is 2. The number of aryl methyl sites for hydroxylation is 1. The van der Waals surface area contributed by atoms with E-state index in [4.69, 9.17) is 0 Å². The highest BCUT2D eigenvalue weighted by atomic mass is 79.9. The molecule has 3 rings (SSSR count). The maximum atomic E-state index is 12.8. The molecule has 0 aromatic heterocycles. The van der Waals surface area contributed by atoms with Gasteiger partial charge in [-0.15, -0.1) is 0 Å². The Morgan fingerprint density at radius 2 is 1.76 bits per heavy atom. The van der Waals surface area contributed by atoms with Crippen LogP contribution < -0.4 is 10.2 Å². The number of hydrogen-bond acceptors (Lipinski definition) is 4. The smallest absolute Gasteiger partial charge is 0.335 e. The third-order valence-corrected chi connectivity index (χ3v) is 4.20. The number of barbiturate groups is 1. The van der Waals surface area contributed by atoms with Gasteiger partial charge in [-0.3, -0.25) is 14.9 Å². The number of halogens is 1.